The molecule has 0 atom stereocenters. The Bertz CT molecular complexity index is 400. The van der Waals surface area contributed by atoms with E-state index in [0.29, 0.717) is 0 Å². The second kappa shape index (κ2) is 4.74. The lowest BCUT2D eigenvalue weighted by Gasteiger charge is -2.23. The summed E-state index contributed by atoms with van der Waals surface area (Å²) in [6.45, 7) is 2.93. The lowest BCUT2D eigenvalue weighted by Crippen LogP contribution is -2.37. The molecule has 1 N–H and O–H groups in total. The zero-order valence-electron chi connectivity index (χ0n) is 8.79. The standard InChI is InChI=1S/C10H15NO3S/c1-9(2)11(8-12)15(13,14)10-6-4-3-5-7-10/h3-7,9,12H,8H2,1-2H3. The number of aliphatic hydroxyl groups excluding tert-OH is 1. The Kier molecular flexibility index (Phi) is 3.84. The number of hydrogen-bond acceptors (Lipinski definition) is 3. The summed E-state index contributed by atoms with van der Waals surface area (Å²) in [5.41, 5.74) is 0. The molecule has 0 saturated heterocycles. The Morgan fingerprint density at radius 2 is 1.80 bits per heavy atom. The van der Waals surface area contributed by atoms with Gasteiger partial charge >= 0.3 is 0 Å². The maximum absolute atomic E-state index is 12.0. The maximum Gasteiger partial charge on any atom is 0.245 e. The molecule has 0 fully saturated rings. The van der Waals surface area contributed by atoms with Crippen LogP contribution in [-0.4, -0.2) is 30.6 Å². The van der Waals surface area contributed by atoms with E-state index in [2.05, 4.69) is 0 Å². The minimum atomic E-state index is -3.57. The largest absolute Gasteiger partial charge is 0.380 e. The third-order valence-electron chi connectivity index (χ3n) is 2.07. The maximum atomic E-state index is 12.0. The fraction of sp³-hybridized carbons (Fsp3) is 0.400. The molecule has 0 saturated carbocycles. The number of nitrogens with zero attached hydrogens (tertiary/aromatic N) is 1. The van der Waals surface area contributed by atoms with Crippen LogP contribution in [-0.2, 0) is 10.0 Å². The summed E-state index contributed by atoms with van der Waals surface area (Å²) in [4.78, 5) is 0.202. The highest BCUT2D eigenvalue weighted by Gasteiger charge is 2.25. The first kappa shape index (κ1) is 12.2. The minimum Gasteiger partial charge on any atom is -0.380 e. The highest BCUT2D eigenvalue weighted by Crippen LogP contribution is 2.16. The van der Waals surface area contributed by atoms with Gasteiger partial charge in [-0.05, 0) is 26.0 Å². The smallest absolute Gasteiger partial charge is 0.245 e. The van der Waals surface area contributed by atoms with Gasteiger partial charge in [0.25, 0.3) is 0 Å². The van der Waals surface area contributed by atoms with Crippen molar-refractivity contribution in [2.24, 2.45) is 0 Å². The van der Waals surface area contributed by atoms with Crippen LogP contribution in [0.1, 0.15) is 13.8 Å². The lowest BCUT2D eigenvalue weighted by molar-refractivity contribution is 0.157. The van der Waals surface area contributed by atoms with Crippen molar-refractivity contribution in [3.8, 4) is 0 Å². The van der Waals surface area contributed by atoms with Crippen LogP contribution in [0.5, 0.6) is 0 Å². The molecule has 0 radical (unpaired) electrons. The van der Waals surface area contributed by atoms with Crippen LogP contribution >= 0.6 is 0 Å². The monoisotopic (exact) mass is 229 g/mol. The Labute approximate surface area is 90.2 Å². The molecule has 84 valence electrons. The molecule has 15 heavy (non-hydrogen) atoms. The van der Waals surface area contributed by atoms with Gasteiger partial charge in [0, 0.05) is 6.04 Å². The van der Waals surface area contributed by atoms with Crippen molar-refractivity contribution in [2.45, 2.75) is 24.8 Å². The van der Waals surface area contributed by atoms with E-state index in [-0.39, 0.29) is 10.9 Å². The van der Waals surface area contributed by atoms with E-state index in [1.165, 1.54) is 12.1 Å². The molecule has 0 aromatic heterocycles. The Morgan fingerprint density at radius 1 is 1.27 bits per heavy atom. The molecule has 0 spiro atoms. The van der Waals surface area contributed by atoms with Crippen LogP contribution in [0.15, 0.2) is 35.2 Å². The van der Waals surface area contributed by atoms with Gasteiger partial charge in [-0.2, -0.15) is 4.31 Å². The molecule has 1 aromatic carbocycles. The third-order valence-corrected chi connectivity index (χ3v) is 4.09. The van der Waals surface area contributed by atoms with Gasteiger partial charge in [0.1, 0.15) is 6.73 Å². The van der Waals surface area contributed by atoms with Crippen LogP contribution in [0.2, 0.25) is 0 Å². The number of sulfonamides is 1. The average molecular weight is 229 g/mol. The predicted molar refractivity (Wildman–Crippen MR) is 57.7 cm³/mol. The van der Waals surface area contributed by atoms with E-state index in [0.717, 1.165) is 4.31 Å². The van der Waals surface area contributed by atoms with Crippen molar-refractivity contribution in [2.75, 3.05) is 6.73 Å². The summed E-state index contributed by atoms with van der Waals surface area (Å²) in [7, 11) is -3.57. The number of aliphatic hydroxyl groups is 1. The zero-order chi connectivity index (χ0) is 11.5. The van der Waals surface area contributed by atoms with Crippen molar-refractivity contribution >= 4 is 10.0 Å². The topological polar surface area (TPSA) is 57.6 Å². The number of rotatable bonds is 4. The molecule has 0 unspecified atom stereocenters. The quantitative estimate of drug-likeness (QED) is 0.785. The van der Waals surface area contributed by atoms with E-state index in [1.807, 2.05) is 0 Å². The molecule has 0 aliphatic carbocycles. The van der Waals surface area contributed by atoms with Crippen molar-refractivity contribution in [1.29, 1.82) is 0 Å². The summed E-state index contributed by atoms with van der Waals surface area (Å²) in [5, 5.41) is 9.04. The molecule has 1 rings (SSSR count). The van der Waals surface area contributed by atoms with Gasteiger partial charge in [-0.3, -0.25) is 0 Å². The SMILES string of the molecule is CC(C)N(CO)S(=O)(=O)c1ccccc1. The third kappa shape index (κ3) is 2.56. The zero-order valence-corrected chi connectivity index (χ0v) is 9.61. The van der Waals surface area contributed by atoms with Crippen molar-refractivity contribution in [3.05, 3.63) is 30.3 Å². The number of benzene rings is 1. The molecular formula is C10H15NO3S. The fourth-order valence-corrected chi connectivity index (χ4v) is 2.72. The van der Waals surface area contributed by atoms with Gasteiger partial charge in [-0.25, -0.2) is 8.42 Å². The first-order chi connectivity index (χ1) is 7.00. The van der Waals surface area contributed by atoms with E-state index in [9.17, 15) is 8.42 Å². The molecule has 0 bridgehead atoms. The molecule has 0 aliphatic rings. The van der Waals surface area contributed by atoms with Gasteiger partial charge in [-0.1, -0.05) is 18.2 Å². The van der Waals surface area contributed by atoms with Crippen LogP contribution in [0, 0.1) is 0 Å². The van der Waals surface area contributed by atoms with Gasteiger partial charge in [0.15, 0.2) is 0 Å². The van der Waals surface area contributed by atoms with E-state index in [4.69, 9.17) is 5.11 Å². The van der Waals surface area contributed by atoms with Crippen LogP contribution < -0.4 is 0 Å². The first-order valence-corrected chi connectivity index (χ1v) is 6.12. The normalized spacial score (nSPS) is 12.3. The second-order valence-electron chi connectivity index (χ2n) is 3.44. The van der Waals surface area contributed by atoms with Gasteiger partial charge < -0.3 is 5.11 Å². The summed E-state index contributed by atoms with van der Waals surface area (Å²) in [6.07, 6.45) is 0. The first-order valence-electron chi connectivity index (χ1n) is 4.68. The molecule has 0 aliphatic heterocycles. The summed E-state index contributed by atoms with van der Waals surface area (Å²) in [5.74, 6) is 0. The highest BCUT2D eigenvalue weighted by molar-refractivity contribution is 7.89. The van der Waals surface area contributed by atoms with Gasteiger partial charge in [0.05, 0.1) is 4.90 Å². The van der Waals surface area contributed by atoms with Gasteiger partial charge in [-0.15, -0.1) is 0 Å². The lowest BCUT2D eigenvalue weighted by atomic mass is 10.4. The Morgan fingerprint density at radius 3 is 2.20 bits per heavy atom. The second-order valence-corrected chi connectivity index (χ2v) is 5.33. The van der Waals surface area contributed by atoms with E-state index >= 15 is 0 Å². The van der Waals surface area contributed by atoms with Crippen LogP contribution in [0.4, 0.5) is 0 Å². The average Bonchev–Trinajstić information content (AvgIpc) is 2.19. The molecular weight excluding hydrogens is 214 g/mol. The highest BCUT2D eigenvalue weighted by atomic mass is 32.2. The summed E-state index contributed by atoms with van der Waals surface area (Å²) in [6, 6.07) is 7.82. The van der Waals surface area contributed by atoms with Crippen LogP contribution in [0.3, 0.4) is 0 Å². The van der Waals surface area contributed by atoms with Crippen LogP contribution in [0.25, 0.3) is 0 Å². The molecule has 0 heterocycles. The number of hydrogen-bond donors (Lipinski definition) is 1. The van der Waals surface area contributed by atoms with E-state index < -0.39 is 16.8 Å². The molecule has 4 nitrogen and oxygen atoms in total. The van der Waals surface area contributed by atoms with Crippen molar-refractivity contribution < 1.29 is 13.5 Å². The fourth-order valence-electron chi connectivity index (χ4n) is 1.24. The Balaban J connectivity index is 3.13. The molecule has 1 aromatic rings. The summed E-state index contributed by atoms with van der Waals surface area (Å²) < 4.78 is 25.0. The Hall–Kier alpha value is -0.910. The predicted octanol–water partition coefficient (Wildman–Crippen LogP) is 1.04. The van der Waals surface area contributed by atoms with E-state index in [1.54, 1.807) is 32.0 Å². The minimum absolute atomic E-state index is 0.202. The summed E-state index contributed by atoms with van der Waals surface area (Å²) >= 11 is 0. The van der Waals surface area contributed by atoms with Crippen molar-refractivity contribution in [3.63, 3.8) is 0 Å². The van der Waals surface area contributed by atoms with Gasteiger partial charge in [0.2, 0.25) is 10.0 Å². The van der Waals surface area contributed by atoms with Crippen molar-refractivity contribution in [1.82, 2.24) is 4.31 Å². The molecule has 0 amide bonds. The molecule has 5 heteroatoms.